The Balaban J connectivity index is 1.82. The number of carbonyl (C=O) groups is 1. The van der Waals surface area contributed by atoms with E-state index in [2.05, 4.69) is 22.9 Å². The molecule has 168 valence electrons. The highest BCUT2D eigenvalue weighted by Crippen LogP contribution is 2.35. The number of H-pyrrole nitrogens is 1. The molecule has 2 aromatic carbocycles. The van der Waals surface area contributed by atoms with Crippen molar-refractivity contribution < 1.29 is 14.6 Å². The van der Waals surface area contributed by atoms with E-state index in [0.717, 1.165) is 27.6 Å². The molecule has 5 nitrogen and oxygen atoms in total. The number of amides is 1. The van der Waals surface area contributed by atoms with Gasteiger partial charge in [0.05, 0.1) is 18.3 Å². The van der Waals surface area contributed by atoms with Crippen molar-refractivity contribution in [1.29, 1.82) is 0 Å². The lowest BCUT2D eigenvalue weighted by atomic mass is 9.88. The summed E-state index contributed by atoms with van der Waals surface area (Å²) in [6.45, 7) is 3.67. The van der Waals surface area contributed by atoms with Crippen LogP contribution in [0.4, 0.5) is 0 Å². The number of thiophene rings is 1. The predicted octanol–water partition coefficient (Wildman–Crippen LogP) is 4.83. The number of nitrogens with one attached hydrogen (secondary N) is 1. The van der Waals surface area contributed by atoms with Gasteiger partial charge < -0.3 is 20.6 Å². The summed E-state index contributed by atoms with van der Waals surface area (Å²) < 4.78 is 6.07. The van der Waals surface area contributed by atoms with Gasteiger partial charge in [-0.25, -0.2) is 0 Å². The zero-order valence-corrected chi connectivity index (χ0v) is 19.4. The average Bonchev–Trinajstić information content (AvgIpc) is 3.46. The fourth-order valence-electron chi connectivity index (χ4n) is 3.90. The first-order chi connectivity index (χ1) is 16.0. The molecule has 6 heteroatoms. The van der Waals surface area contributed by atoms with E-state index in [1.165, 1.54) is 0 Å². The van der Waals surface area contributed by atoms with Crippen LogP contribution in [0.25, 0.3) is 10.9 Å². The number of aromatic amines is 1. The number of aliphatic hydroxyl groups excluding tert-OH is 1. The van der Waals surface area contributed by atoms with Crippen molar-refractivity contribution in [2.75, 3.05) is 6.61 Å². The van der Waals surface area contributed by atoms with Gasteiger partial charge in [0.25, 0.3) is 5.91 Å². The third-order valence-electron chi connectivity index (χ3n) is 5.41. The Labute approximate surface area is 197 Å². The average molecular weight is 459 g/mol. The number of nitrogens with two attached hydrogens (primary N) is 1. The van der Waals surface area contributed by atoms with Crippen molar-refractivity contribution in [2.24, 2.45) is 5.73 Å². The van der Waals surface area contributed by atoms with Gasteiger partial charge in [-0.05, 0) is 55.5 Å². The molecular weight excluding hydrogens is 432 g/mol. The fraction of sp³-hybridized carbons (Fsp3) is 0.222. The Morgan fingerprint density at radius 1 is 1.18 bits per heavy atom. The van der Waals surface area contributed by atoms with Crippen LogP contribution in [0.2, 0.25) is 0 Å². The van der Waals surface area contributed by atoms with E-state index in [-0.39, 0.29) is 24.2 Å². The molecule has 0 bridgehead atoms. The van der Waals surface area contributed by atoms with Gasteiger partial charge in [0.15, 0.2) is 0 Å². The zero-order valence-electron chi connectivity index (χ0n) is 18.6. The minimum atomic E-state index is -0.588. The van der Waals surface area contributed by atoms with E-state index in [0.29, 0.717) is 17.7 Å². The molecule has 33 heavy (non-hydrogen) atoms. The van der Waals surface area contributed by atoms with Crippen molar-refractivity contribution in [3.63, 3.8) is 0 Å². The summed E-state index contributed by atoms with van der Waals surface area (Å²) in [5.41, 5.74) is 10.4. The summed E-state index contributed by atoms with van der Waals surface area (Å²) in [4.78, 5) is 15.7. The first-order valence-electron chi connectivity index (χ1n) is 10.8. The van der Waals surface area contributed by atoms with Gasteiger partial charge in [-0.3, -0.25) is 4.79 Å². The first kappa shape index (κ1) is 22.7. The number of primary amides is 1. The van der Waals surface area contributed by atoms with Gasteiger partial charge in [-0.1, -0.05) is 30.0 Å². The number of carbonyl (C=O) groups excluding carboxylic acids is 1. The number of benzene rings is 2. The third-order valence-corrected chi connectivity index (χ3v) is 6.09. The molecule has 0 radical (unpaired) electrons. The fourth-order valence-corrected chi connectivity index (χ4v) is 4.48. The van der Waals surface area contributed by atoms with E-state index < -0.39 is 5.91 Å². The zero-order chi connectivity index (χ0) is 23.4. The monoisotopic (exact) mass is 458 g/mol. The maximum absolute atomic E-state index is 12.4. The van der Waals surface area contributed by atoms with Crippen LogP contribution in [-0.2, 0) is 6.42 Å². The van der Waals surface area contributed by atoms with Crippen molar-refractivity contribution in [3.05, 3.63) is 87.2 Å². The van der Waals surface area contributed by atoms with E-state index >= 15 is 0 Å². The highest BCUT2D eigenvalue weighted by Gasteiger charge is 2.24. The lowest BCUT2D eigenvalue weighted by molar-refractivity contribution is 0.0994. The quantitative estimate of drug-likeness (QED) is 0.347. The van der Waals surface area contributed by atoms with Gasteiger partial charge in [0, 0.05) is 45.1 Å². The maximum atomic E-state index is 12.4. The van der Waals surface area contributed by atoms with E-state index in [4.69, 9.17) is 10.5 Å². The summed E-state index contributed by atoms with van der Waals surface area (Å²) in [7, 11) is 0. The van der Waals surface area contributed by atoms with Gasteiger partial charge in [0.2, 0.25) is 0 Å². The summed E-state index contributed by atoms with van der Waals surface area (Å²) >= 11 is 1.57. The molecule has 0 saturated heterocycles. The molecule has 4 rings (SSSR count). The Morgan fingerprint density at radius 2 is 1.97 bits per heavy atom. The predicted molar refractivity (Wildman–Crippen MR) is 133 cm³/mol. The third kappa shape index (κ3) is 5.11. The number of para-hydroxylation sites is 1. The number of rotatable bonds is 7. The number of hydrogen-bond donors (Lipinski definition) is 3. The molecule has 4 N–H and O–H groups in total. The Bertz CT molecular complexity index is 1330. The summed E-state index contributed by atoms with van der Waals surface area (Å²) in [5.74, 6) is 5.78. The van der Waals surface area contributed by atoms with Crippen LogP contribution in [0.3, 0.4) is 0 Å². The standard InChI is InChI=1S/C27H26N2O3S/c1-17(2)32-26-23(21(15-30)13-20-14-29-25-6-4-3-5-22(20)25)11-19(12-24(26)27(28)31)8-7-18-9-10-33-16-18/h3-6,9-12,14,16-17,21,29-30H,13,15H2,1-2H3,(H2,28,31)/t21-/m0/s1. The van der Waals surface area contributed by atoms with Crippen molar-refractivity contribution in [1.82, 2.24) is 4.98 Å². The molecule has 0 saturated carbocycles. The van der Waals surface area contributed by atoms with Crippen molar-refractivity contribution in [3.8, 4) is 17.6 Å². The van der Waals surface area contributed by atoms with Gasteiger partial charge >= 0.3 is 0 Å². The molecule has 1 atom stereocenters. The molecule has 0 aliphatic rings. The minimum absolute atomic E-state index is 0.117. The molecule has 1 amide bonds. The number of aliphatic hydroxyl groups is 1. The molecule has 0 aliphatic heterocycles. The van der Waals surface area contributed by atoms with Gasteiger partial charge in [0.1, 0.15) is 5.75 Å². The van der Waals surface area contributed by atoms with Crippen molar-refractivity contribution in [2.45, 2.75) is 32.3 Å². The van der Waals surface area contributed by atoms with Crippen LogP contribution >= 0.6 is 11.3 Å². The van der Waals surface area contributed by atoms with Crippen LogP contribution in [0.15, 0.2) is 59.4 Å². The molecule has 0 fully saturated rings. The molecule has 0 spiro atoms. The van der Waals surface area contributed by atoms with Gasteiger partial charge in [-0.2, -0.15) is 11.3 Å². The summed E-state index contributed by atoms with van der Waals surface area (Å²) in [6, 6.07) is 13.6. The smallest absolute Gasteiger partial charge is 0.252 e. The van der Waals surface area contributed by atoms with Crippen LogP contribution in [0, 0.1) is 11.8 Å². The Kier molecular flexibility index (Phi) is 6.83. The van der Waals surface area contributed by atoms with E-state index in [1.807, 2.05) is 61.1 Å². The SMILES string of the molecule is CC(C)Oc1c(C(N)=O)cc(C#Cc2ccsc2)cc1[C@H](CO)Cc1c[nH]c2ccccc12. The van der Waals surface area contributed by atoms with Gasteiger partial charge in [-0.15, -0.1) is 0 Å². The lowest BCUT2D eigenvalue weighted by Gasteiger charge is -2.23. The number of fused-ring (bicyclic) bond motifs is 1. The highest BCUT2D eigenvalue weighted by molar-refractivity contribution is 7.08. The maximum Gasteiger partial charge on any atom is 0.252 e. The molecule has 2 aromatic heterocycles. The summed E-state index contributed by atoms with van der Waals surface area (Å²) in [5, 5.41) is 15.4. The lowest BCUT2D eigenvalue weighted by Crippen LogP contribution is -2.19. The number of aromatic nitrogens is 1. The number of ether oxygens (including phenoxy) is 1. The molecule has 0 unspecified atom stereocenters. The molecule has 0 aliphatic carbocycles. The Hall–Kier alpha value is -3.53. The molecule has 2 heterocycles. The van der Waals surface area contributed by atoms with E-state index in [1.54, 1.807) is 17.4 Å². The van der Waals surface area contributed by atoms with Crippen molar-refractivity contribution >= 4 is 28.1 Å². The largest absolute Gasteiger partial charge is 0.490 e. The second kappa shape index (κ2) is 9.95. The first-order valence-corrected chi connectivity index (χ1v) is 11.7. The second-order valence-electron chi connectivity index (χ2n) is 8.18. The van der Waals surface area contributed by atoms with Crippen LogP contribution in [0.5, 0.6) is 5.75 Å². The van der Waals surface area contributed by atoms with E-state index in [9.17, 15) is 9.90 Å². The number of hydrogen-bond acceptors (Lipinski definition) is 4. The normalized spacial score (nSPS) is 11.9. The van der Waals surface area contributed by atoms with Crippen LogP contribution < -0.4 is 10.5 Å². The van der Waals surface area contributed by atoms with Crippen LogP contribution in [-0.4, -0.2) is 28.7 Å². The molecular formula is C27H26N2O3S. The van der Waals surface area contributed by atoms with Crippen LogP contribution in [0.1, 0.15) is 52.4 Å². The highest BCUT2D eigenvalue weighted by atomic mass is 32.1. The Morgan fingerprint density at radius 3 is 2.67 bits per heavy atom. The molecule has 4 aromatic rings. The topological polar surface area (TPSA) is 88.3 Å². The second-order valence-corrected chi connectivity index (χ2v) is 8.96. The minimum Gasteiger partial charge on any atom is -0.490 e. The summed E-state index contributed by atoms with van der Waals surface area (Å²) in [6.07, 6.45) is 2.36.